The zero-order valence-corrected chi connectivity index (χ0v) is 13.1. The standard InChI is InChI=1S/C12H12N4O4S2/c1-5-4-21-11-8(10(18)16(11)9(5)12(19)20)14-7(17)2-6-3-13-22-15-6/h3,8,11H,2,4H2,1H3,(H,14,17)(H,19,20)/t8?,11-/m1/s1. The van der Waals surface area contributed by atoms with Gasteiger partial charge in [0.15, 0.2) is 0 Å². The molecule has 22 heavy (non-hydrogen) atoms. The number of thioether (sulfide) groups is 1. The molecular formula is C12H12N4O4S2. The van der Waals surface area contributed by atoms with Crippen LogP contribution in [0.1, 0.15) is 12.6 Å². The molecule has 2 N–H and O–H groups in total. The van der Waals surface area contributed by atoms with Crippen molar-refractivity contribution in [3.8, 4) is 0 Å². The number of hydrogen-bond donors (Lipinski definition) is 2. The van der Waals surface area contributed by atoms with Crippen molar-refractivity contribution in [2.24, 2.45) is 0 Å². The van der Waals surface area contributed by atoms with Crippen LogP contribution in [0.4, 0.5) is 0 Å². The summed E-state index contributed by atoms with van der Waals surface area (Å²) in [6.07, 6.45) is 1.56. The number of nitrogens with zero attached hydrogens (tertiary/aromatic N) is 3. The number of fused-ring (bicyclic) bond motifs is 1. The molecule has 8 nitrogen and oxygen atoms in total. The van der Waals surface area contributed by atoms with Gasteiger partial charge in [0.2, 0.25) is 5.91 Å². The van der Waals surface area contributed by atoms with Crippen molar-refractivity contribution in [2.45, 2.75) is 24.8 Å². The van der Waals surface area contributed by atoms with Crippen molar-refractivity contribution in [3.05, 3.63) is 23.2 Å². The molecule has 0 spiro atoms. The van der Waals surface area contributed by atoms with Crippen molar-refractivity contribution in [1.82, 2.24) is 19.0 Å². The van der Waals surface area contributed by atoms with Crippen molar-refractivity contribution in [2.75, 3.05) is 5.75 Å². The van der Waals surface area contributed by atoms with Crippen LogP contribution in [0.2, 0.25) is 0 Å². The zero-order chi connectivity index (χ0) is 15.9. The number of amides is 2. The number of aromatic nitrogens is 2. The molecule has 1 unspecified atom stereocenters. The van der Waals surface area contributed by atoms with Gasteiger partial charge >= 0.3 is 5.97 Å². The van der Waals surface area contributed by atoms with Gasteiger partial charge in [-0.25, -0.2) is 4.79 Å². The van der Waals surface area contributed by atoms with E-state index in [4.69, 9.17) is 0 Å². The second-order valence-corrected chi connectivity index (χ2v) is 6.63. The highest BCUT2D eigenvalue weighted by molar-refractivity contribution is 8.00. The van der Waals surface area contributed by atoms with E-state index in [1.807, 2.05) is 0 Å². The van der Waals surface area contributed by atoms with Crippen LogP contribution in [0.25, 0.3) is 0 Å². The van der Waals surface area contributed by atoms with Gasteiger partial charge in [-0.3, -0.25) is 14.5 Å². The molecule has 2 aliphatic rings. The second kappa shape index (κ2) is 5.69. The lowest BCUT2D eigenvalue weighted by atomic mass is 10.0. The summed E-state index contributed by atoms with van der Waals surface area (Å²) in [5.74, 6) is -1.30. The van der Waals surface area contributed by atoms with Gasteiger partial charge in [0.05, 0.1) is 30.0 Å². The van der Waals surface area contributed by atoms with Crippen LogP contribution in [-0.4, -0.2) is 53.7 Å². The molecule has 0 aromatic carbocycles. The first-order valence-corrected chi connectivity index (χ1v) is 8.20. The number of β-lactam (4-membered cyclic amide) rings is 1. The van der Waals surface area contributed by atoms with E-state index in [0.29, 0.717) is 17.0 Å². The van der Waals surface area contributed by atoms with Gasteiger partial charge in [0, 0.05) is 5.75 Å². The van der Waals surface area contributed by atoms with E-state index in [0.717, 1.165) is 11.7 Å². The fourth-order valence-corrected chi connectivity index (χ4v) is 4.15. The molecule has 3 heterocycles. The predicted molar refractivity (Wildman–Crippen MR) is 79.0 cm³/mol. The Morgan fingerprint density at radius 1 is 1.55 bits per heavy atom. The van der Waals surface area contributed by atoms with Crippen LogP contribution in [-0.2, 0) is 20.8 Å². The third-order valence-electron chi connectivity index (χ3n) is 3.43. The van der Waals surface area contributed by atoms with E-state index in [1.165, 1.54) is 22.9 Å². The number of carboxylic acid groups (broad SMARTS) is 1. The van der Waals surface area contributed by atoms with Crippen LogP contribution >= 0.6 is 23.5 Å². The van der Waals surface area contributed by atoms with Crippen molar-refractivity contribution in [1.29, 1.82) is 0 Å². The van der Waals surface area contributed by atoms with Gasteiger partial charge in [0.25, 0.3) is 5.91 Å². The third-order valence-corrected chi connectivity index (χ3v) is 5.37. The van der Waals surface area contributed by atoms with E-state index >= 15 is 0 Å². The van der Waals surface area contributed by atoms with Crippen LogP contribution in [0.15, 0.2) is 17.5 Å². The van der Waals surface area contributed by atoms with Crippen LogP contribution < -0.4 is 5.32 Å². The Bertz CT molecular complexity index is 673. The maximum absolute atomic E-state index is 12.2. The normalized spacial score (nSPS) is 23.9. The van der Waals surface area contributed by atoms with Gasteiger partial charge in [0.1, 0.15) is 17.1 Å². The molecule has 0 radical (unpaired) electrons. The maximum Gasteiger partial charge on any atom is 0.352 e. The topological polar surface area (TPSA) is 112 Å². The molecule has 1 saturated heterocycles. The Morgan fingerprint density at radius 2 is 2.32 bits per heavy atom. The molecule has 0 aliphatic carbocycles. The summed E-state index contributed by atoms with van der Waals surface area (Å²) in [6.45, 7) is 1.70. The molecule has 3 rings (SSSR count). The minimum absolute atomic E-state index is 0.0305. The summed E-state index contributed by atoms with van der Waals surface area (Å²) >= 11 is 2.46. The van der Waals surface area contributed by atoms with E-state index in [2.05, 4.69) is 14.1 Å². The number of carbonyl (C=O) groups excluding carboxylic acids is 2. The first-order chi connectivity index (χ1) is 10.5. The molecule has 1 aromatic heterocycles. The first kappa shape index (κ1) is 15.0. The molecule has 2 atom stereocenters. The monoisotopic (exact) mass is 340 g/mol. The average molecular weight is 340 g/mol. The van der Waals surface area contributed by atoms with Crippen molar-refractivity contribution < 1.29 is 19.5 Å². The summed E-state index contributed by atoms with van der Waals surface area (Å²) in [5.41, 5.74) is 1.23. The smallest absolute Gasteiger partial charge is 0.352 e. The molecule has 116 valence electrons. The maximum atomic E-state index is 12.2. The number of nitrogens with one attached hydrogen (secondary N) is 1. The summed E-state index contributed by atoms with van der Waals surface area (Å²) in [5, 5.41) is 11.5. The molecule has 1 aromatic rings. The second-order valence-electron chi connectivity index (χ2n) is 4.96. The molecule has 10 heteroatoms. The molecular weight excluding hydrogens is 328 g/mol. The average Bonchev–Trinajstić information content (AvgIpc) is 2.97. The molecule has 0 bridgehead atoms. The minimum atomic E-state index is -1.12. The van der Waals surface area contributed by atoms with Crippen LogP contribution in [0.3, 0.4) is 0 Å². The summed E-state index contributed by atoms with van der Waals surface area (Å²) in [7, 11) is 0. The molecule has 0 saturated carbocycles. The van der Waals surface area contributed by atoms with E-state index < -0.39 is 17.9 Å². The van der Waals surface area contributed by atoms with Gasteiger partial charge in [-0.15, -0.1) is 11.8 Å². The Hall–Kier alpha value is -1.94. The fourth-order valence-electron chi connectivity index (χ4n) is 2.43. The van der Waals surface area contributed by atoms with Gasteiger partial charge in [-0.1, -0.05) is 0 Å². The number of carbonyl (C=O) groups is 3. The highest BCUT2D eigenvalue weighted by atomic mass is 32.2. The van der Waals surface area contributed by atoms with Crippen molar-refractivity contribution in [3.63, 3.8) is 0 Å². The highest BCUT2D eigenvalue weighted by Crippen LogP contribution is 2.40. The Balaban J connectivity index is 1.68. The Kier molecular flexibility index (Phi) is 3.87. The highest BCUT2D eigenvalue weighted by Gasteiger charge is 2.53. The number of carboxylic acids is 1. The lowest BCUT2D eigenvalue weighted by Gasteiger charge is -2.49. The fraction of sp³-hybridized carbons (Fsp3) is 0.417. The summed E-state index contributed by atoms with van der Waals surface area (Å²) < 4.78 is 7.74. The van der Waals surface area contributed by atoms with Crippen LogP contribution in [0, 0.1) is 0 Å². The molecule has 2 aliphatic heterocycles. The molecule has 2 amide bonds. The van der Waals surface area contributed by atoms with Crippen molar-refractivity contribution >= 4 is 41.3 Å². The lowest BCUT2D eigenvalue weighted by Crippen LogP contribution is -2.70. The van der Waals surface area contributed by atoms with Gasteiger partial charge in [-0.05, 0) is 12.5 Å². The SMILES string of the molecule is CC1=C(C(=O)O)N2C(=O)C(NC(=O)Cc3cnsn3)[C@H]2SC1. The number of hydrogen-bond acceptors (Lipinski definition) is 7. The Morgan fingerprint density at radius 3 is 2.95 bits per heavy atom. The largest absolute Gasteiger partial charge is 0.477 e. The minimum Gasteiger partial charge on any atom is -0.477 e. The van der Waals surface area contributed by atoms with Gasteiger partial charge < -0.3 is 10.4 Å². The van der Waals surface area contributed by atoms with Crippen LogP contribution in [0.5, 0.6) is 0 Å². The van der Waals surface area contributed by atoms with E-state index in [9.17, 15) is 19.5 Å². The summed E-state index contributed by atoms with van der Waals surface area (Å²) in [6, 6.07) is -0.688. The van der Waals surface area contributed by atoms with E-state index in [-0.39, 0.29) is 23.4 Å². The van der Waals surface area contributed by atoms with E-state index in [1.54, 1.807) is 6.92 Å². The zero-order valence-electron chi connectivity index (χ0n) is 11.5. The predicted octanol–water partition coefficient (Wildman–Crippen LogP) is -0.161. The Labute approximate surface area is 133 Å². The van der Waals surface area contributed by atoms with Gasteiger partial charge in [-0.2, -0.15) is 8.75 Å². The first-order valence-electron chi connectivity index (χ1n) is 6.42. The summed E-state index contributed by atoms with van der Waals surface area (Å²) in [4.78, 5) is 36.6. The third kappa shape index (κ3) is 2.48. The lowest BCUT2D eigenvalue weighted by molar-refractivity contribution is -0.150. The number of aliphatic carboxylic acids is 1. The molecule has 1 fully saturated rings. The number of rotatable bonds is 4. The quantitative estimate of drug-likeness (QED) is 0.732.